The van der Waals surface area contributed by atoms with E-state index in [1.807, 2.05) is 24.3 Å². The molecule has 3 rings (SSSR count). The number of amides is 2. The van der Waals surface area contributed by atoms with Crippen molar-refractivity contribution in [3.05, 3.63) is 53.6 Å². The summed E-state index contributed by atoms with van der Waals surface area (Å²) in [5.74, 6) is 1.25. The highest BCUT2D eigenvalue weighted by atomic mass is 16.5. The third kappa shape index (κ3) is 4.93. The second kappa shape index (κ2) is 9.11. The van der Waals surface area contributed by atoms with Crippen LogP contribution < -0.4 is 14.8 Å². The number of rotatable bonds is 5. The number of carbonyl (C=O) groups excluding carboxylic acids is 1. The molecular weight excluding hydrogens is 356 g/mol. The van der Waals surface area contributed by atoms with Crippen molar-refractivity contribution in [2.24, 2.45) is 0 Å². The number of nitrogens with zero attached hydrogens (tertiary/aromatic N) is 3. The Balaban J connectivity index is 1.53. The van der Waals surface area contributed by atoms with E-state index in [1.165, 1.54) is 5.56 Å². The minimum Gasteiger partial charge on any atom is -0.497 e. The van der Waals surface area contributed by atoms with Crippen molar-refractivity contribution >= 4 is 11.7 Å². The van der Waals surface area contributed by atoms with Gasteiger partial charge in [0.05, 0.1) is 25.9 Å². The minimum atomic E-state index is -0.131. The number of urea groups is 1. The Morgan fingerprint density at radius 1 is 1.04 bits per heavy atom. The molecule has 1 aliphatic rings. The number of methoxy groups -OCH3 is 2. The average Bonchev–Trinajstić information content (AvgIpc) is 2.74. The van der Waals surface area contributed by atoms with Crippen LogP contribution in [0.3, 0.4) is 0 Å². The normalized spacial score (nSPS) is 14.2. The SMILES string of the molecule is COc1cc(NC(=O)N2CCN(Cc3ccc(C#N)cc3)CC2)cc(OC)c1. The zero-order valence-electron chi connectivity index (χ0n) is 16.1. The summed E-state index contributed by atoms with van der Waals surface area (Å²) in [6.45, 7) is 3.73. The zero-order chi connectivity index (χ0) is 19.9. The fourth-order valence-electron chi connectivity index (χ4n) is 3.13. The molecule has 0 atom stereocenters. The molecule has 1 aliphatic heterocycles. The Hall–Kier alpha value is -3.24. The highest BCUT2D eigenvalue weighted by Gasteiger charge is 2.21. The summed E-state index contributed by atoms with van der Waals surface area (Å²) in [6, 6.07) is 14.9. The molecule has 7 heteroatoms. The number of anilines is 1. The van der Waals surface area contributed by atoms with Crippen molar-refractivity contribution in [3.8, 4) is 17.6 Å². The fraction of sp³-hybridized carbons (Fsp3) is 0.333. The van der Waals surface area contributed by atoms with Gasteiger partial charge in [-0.25, -0.2) is 4.79 Å². The summed E-state index contributed by atoms with van der Waals surface area (Å²) < 4.78 is 10.5. The van der Waals surface area contributed by atoms with E-state index >= 15 is 0 Å². The van der Waals surface area contributed by atoms with Crippen molar-refractivity contribution < 1.29 is 14.3 Å². The molecule has 146 valence electrons. The lowest BCUT2D eigenvalue weighted by molar-refractivity contribution is 0.143. The third-order valence-electron chi connectivity index (χ3n) is 4.75. The number of ether oxygens (including phenoxy) is 2. The molecule has 2 aromatic rings. The molecule has 7 nitrogen and oxygen atoms in total. The second-order valence-electron chi connectivity index (χ2n) is 6.60. The maximum atomic E-state index is 12.6. The number of nitrogens with one attached hydrogen (secondary N) is 1. The summed E-state index contributed by atoms with van der Waals surface area (Å²) in [6.07, 6.45) is 0. The molecule has 1 N–H and O–H groups in total. The molecule has 0 aromatic heterocycles. The first-order valence-electron chi connectivity index (χ1n) is 9.11. The van der Waals surface area contributed by atoms with Gasteiger partial charge in [-0.1, -0.05) is 12.1 Å². The van der Waals surface area contributed by atoms with Crippen LogP contribution in [0.2, 0.25) is 0 Å². The first-order chi connectivity index (χ1) is 13.6. The summed E-state index contributed by atoms with van der Waals surface area (Å²) in [4.78, 5) is 16.7. The molecule has 0 unspecified atom stereocenters. The van der Waals surface area contributed by atoms with Gasteiger partial charge in [0.15, 0.2) is 0 Å². The Morgan fingerprint density at radius 2 is 1.64 bits per heavy atom. The highest BCUT2D eigenvalue weighted by Crippen LogP contribution is 2.26. The summed E-state index contributed by atoms with van der Waals surface area (Å²) in [7, 11) is 3.15. The third-order valence-corrected chi connectivity index (χ3v) is 4.75. The van der Waals surface area contributed by atoms with E-state index in [-0.39, 0.29) is 6.03 Å². The van der Waals surface area contributed by atoms with E-state index in [9.17, 15) is 4.79 Å². The summed E-state index contributed by atoms with van der Waals surface area (Å²) >= 11 is 0. The lowest BCUT2D eigenvalue weighted by Crippen LogP contribution is -2.49. The predicted octanol–water partition coefficient (Wildman–Crippen LogP) is 2.93. The Labute approximate surface area is 165 Å². The number of benzene rings is 2. The summed E-state index contributed by atoms with van der Waals surface area (Å²) in [5.41, 5.74) is 2.47. The largest absolute Gasteiger partial charge is 0.497 e. The zero-order valence-corrected chi connectivity index (χ0v) is 16.1. The Morgan fingerprint density at radius 3 is 2.18 bits per heavy atom. The van der Waals surface area contributed by atoms with Crippen LogP contribution in [0.5, 0.6) is 11.5 Å². The number of hydrogen-bond donors (Lipinski definition) is 1. The molecule has 28 heavy (non-hydrogen) atoms. The van der Waals surface area contributed by atoms with Crippen LogP contribution in [0, 0.1) is 11.3 Å². The number of nitriles is 1. The number of hydrogen-bond acceptors (Lipinski definition) is 5. The monoisotopic (exact) mass is 380 g/mol. The van der Waals surface area contributed by atoms with Gasteiger partial charge in [0.2, 0.25) is 0 Å². The van der Waals surface area contributed by atoms with Crippen LogP contribution in [-0.2, 0) is 6.54 Å². The van der Waals surface area contributed by atoms with E-state index in [4.69, 9.17) is 14.7 Å². The van der Waals surface area contributed by atoms with E-state index < -0.39 is 0 Å². The molecule has 1 heterocycles. The minimum absolute atomic E-state index is 0.131. The maximum Gasteiger partial charge on any atom is 0.321 e. The first kappa shape index (κ1) is 19.5. The summed E-state index contributed by atoms with van der Waals surface area (Å²) in [5, 5.41) is 11.8. The van der Waals surface area contributed by atoms with Crippen molar-refractivity contribution in [3.63, 3.8) is 0 Å². The van der Waals surface area contributed by atoms with Crippen LogP contribution in [-0.4, -0.2) is 56.2 Å². The van der Waals surface area contributed by atoms with E-state index in [2.05, 4.69) is 16.3 Å². The van der Waals surface area contributed by atoms with Crippen LogP contribution in [0.15, 0.2) is 42.5 Å². The maximum absolute atomic E-state index is 12.6. The van der Waals surface area contributed by atoms with Crippen molar-refractivity contribution in [1.82, 2.24) is 9.80 Å². The average molecular weight is 380 g/mol. The van der Waals surface area contributed by atoms with Gasteiger partial charge in [-0.15, -0.1) is 0 Å². The van der Waals surface area contributed by atoms with Crippen molar-refractivity contribution in [2.45, 2.75) is 6.54 Å². The van der Waals surface area contributed by atoms with E-state index in [1.54, 1.807) is 37.3 Å². The standard InChI is InChI=1S/C21H24N4O3/c1-27-19-11-18(12-20(13-19)28-2)23-21(26)25-9-7-24(8-10-25)15-17-5-3-16(14-22)4-6-17/h3-6,11-13H,7-10,15H2,1-2H3,(H,23,26). The molecule has 1 fully saturated rings. The second-order valence-corrected chi connectivity index (χ2v) is 6.60. The van der Waals surface area contributed by atoms with Crippen LogP contribution >= 0.6 is 0 Å². The van der Waals surface area contributed by atoms with Crippen LogP contribution in [0.25, 0.3) is 0 Å². The van der Waals surface area contributed by atoms with Crippen molar-refractivity contribution in [1.29, 1.82) is 5.26 Å². The van der Waals surface area contributed by atoms with Gasteiger partial charge < -0.3 is 19.7 Å². The van der Waals surface area contributed by atoms with Gasteiger partial charge in [-0.3, -0.25) is 4.90 Å². The Bertz CT molecular complexity index is 831. The predicted molar refractivity (Wildman–Crippen MR) is 107 cm³/mol. The van der Waals surface area contributed by atoms with E-state index in [0.717, 1.165) is 19.6 Å². The molecule has 1 saturated heterocycles. The van der Waals surface area contributed by atoms with Gasteiger partial charge in [0, 0.05) is 56.6 Å². The van der Waals surface area contributed by atoms with Gasteiger partial charge in [0.1, 0.15) is 11.5 Å². The molecule has 0 aliphatic carbocycles. The van der Waals surface area contributed by atoms with Crippen LogP contribution in [0.4, 0.5) is 10.5 Å². The van der Waals surface area contributed by atoms with Gasteiger partial charge in [0.25, 0.3) is 0 Å². The van der Waals surface area contributed by atoms with Gasteiger partial charge in [-0.05, 0) is 17.7 Å². The van der Waals surface area contributed by atoms with Gasteiger partial charge >= 0.3 is 6.03 Å². The molecule has 0 radical (unpaired) electrons. The smallest absolute Gasteiger partial charge is 0.321 e. The lowest BCUT2D eigenvalue weighted by Gasteiger charge is -2.34. The molecule has 2 amide bonds. The number of carbonyl (C=O) groups is 1. The first-order valence-corrected chi connectivity index (χ1v) is 9.11. The fourth-order valence-corrected chi connectivity index (χ4v) is 3.13. The highest BCUT2D eigenvalue weighted by molar-refractivity contribution is 5.90. The molecular formula is C21H24N4O3. The quantitative estimate of drug-likeness (QED) is 0.863. The topological polar surface area (TPSA) is 77.8 Å². The van der Waals surface area contributed by atoms with Gasteiger partial charge in [-0.2, -0.15) is 5.26 Å². The molecule has 0 saturated carbocycles. The molecule has 2 aromatic carbocycles. The molecule has 0 bridgehead atoms. The number of piperazine rings is 1. The van der Waals surface area contributed by atoms with Crippen LogP contribution in [0.1, 0.15) is 11.1 Å². The lowest BCUT2D eigenvalue weighted by atomic mass is 10.1. The Kier molecular flexibility index (Phi) is 6.35. The van der Waals surface area contributed by atoms with E-state index in [0.29, 0.717) is 35.8 Å². The molecule has 0 spiro atoms. The van der Waals surface area contributed by atoms with Crippen molar-refractivity contribution in [2.75, 3.05) is 45.7 Å².